The van der Waals surface area contributed by atoms with E-state index in [0.717, 1.165) is 12.8 Å². The third-order valence-corrected chi connectivity index (χ3v) is 6.61. The van der Waals surface area contributed by atoms with Gasteiger partial charge in [0, 0.05) is 19.0 Å². The molecule has 1 aliphatic carbocycles. The van der Waals surface area contributed by atoms with Crippen molar-refractivity contribution < 1.29 is 19.5 Å². The quantitative estimate of drug-likeness (QED) is 0.529. The second-order valence-corrected chi connectivity index (χ2v) is 8.69. The first-order chi connectivity index (χ1) is 13.7. The molecule has 0 unspecified atom stereocenters. The normalized spacial score (nSPS) is 30.8. The maximum absolute atomic E-state index is 13.7. The summed E-state index contributed by atoms with van der Waals surface area (Å²) in [6, 6.07) is -1.25. The van der Waals surface area contributed by atoms with Gasteiger partial charge in [-0.3, -0.25) is 14.4 Å². The number of hydrogen-bond acceptors (Lipinski definition) is 4. The van der Waals surface area contributed by atoms with Gasteiger partial charge in [0.05, 0.1) is 24.5 Å². The predicted molar refractivity (Wildman–Crippen MR) is 112 cm³/mol. The molecule has 3 N–H and O–H groups in total. The monoisotopic (exact) mass is 407 g/mol. The summed E-state index contributed by atoms with van der Waals surface area (Å²) in [6.07, 6.45) is 5.45. The Hall–Kier alpha value is -1.89. The molecule has 0 radical (unpaired) electrons. The van der Waals surface area contributed by atoms with Gasteiger partial charge in [0.2, 0.25) is 17.7 Å². The predicted octanol–water partition coefficient (Wildman–Crippen LogP) is 1.32. The van der Waals surface area contributed by atoms with E-state index >= 15 is 0 Å². The van der Waals surface area contributed by atoms with Crippen LogP contribution in [0.3, 0.4) is 0 Å². The second kappa shape index (κ2) is 9.74. The summed E-state index contributed by atoms with van der Waals surface area (Å²) in [4.78, 5) is 41.2. The third-order valence-electron chi connectivity index (χ3n) is 6.61. The highest BCUT2D eigenvalue weighted by Gasteiger charge is 2.58. The fourth-order valence-corrected chi connectivity index (χ4v) is 4.90. The molecule has 0 aromatic rings. The molecule has 0 aromatic heterocycles. The van der Waals surface area contributed by atoms with E-state index in [1.807, 2.05) is 46.8 Å². The van der Waals surface area contributed by atoms with Gasteiger partial charge in [-0.1, -0.05) is 39.3 Å². The summed E-state index contributed by atoms with van der Waals surface area (Å²) in [7, 11) is 1.58. The van der Waals surface area contributed by atoms with Gasteiger partial charge in [0.25, 0.3) is 0 Å². The van der Waals surface area contributed by atoms with Crippen LogP contribution < -0.4 is 10.6 Å². The molecule has 0 aromatic carbocycles. The molecule has 164 valence electrons. The Morgan fingerprint density at radius 1 is 1.17 bits per heavy atom. The van der Waals surface area contributed by atoms with E-state index < -0.39 is 23.9 Å². The van der Waals surface area contributed by atoms with Crippen LogP contribution >= 0.6 is 0 Å². The first kappa shape index (κ1) is 23.4. The molecule has 7 nitrogen and oxygen atoms in total. The van der Waals surface area contributed by atoms with E-state index in [4.69, 9.17) is 0 Å². The van der Waals surface area contributed by atoms with Crippen LogP contribution in [0.15, 0.2) is 12.2 Å². The molecule has 2 rings (SSSR count). The summed E-state index contributed by atoms with van der Waals surface area (Å²) >= 11 is 0. The fourth-order valence-electron chi connectivity index (χ4n) is 4.90. The fraction of sp³-hybridized carbons (Fsp3) is 0.773. The molecule has 0 saturated carbocycles. The van der Waals surface area contributed by atoms with Gasteiger partial charge in [-0.05, 0) is 32.1 Å². The lowest BCUT2D eigenvalue weighted by atomic mass is 9.69. The number of nitrogens with zero attached hydrogens (tertiary/aromatic N) is 1. The zero-order valence-electron chi connectivity index (χ0n) is 18.5. The maximum Gasteiger partial charge on any atom is 0.243 e. The smallest absolute Gasteiger partial charge is 0.243 e. The van der Waals surface area contributed by atoms with Crippen LogP contribution in [0, 0.1) is 29.6 Å². The molecule has 0 spiro atoms. The number of allylic oxidation sites excluding steroid dienone is 1. The average Bonchev–Trinajstić information content (AvgIpc) is 2.99. The van der Waals surface area contributed by atoms with E-state index in [1.165, 1.54) is 0 Å². The van der Waals surface area contributed by atoms with Crippen molar-refractivity contribution in [3.8, 4) is 0 Å². The van der Waals surface area contributed by atoms with Crippen molar-refractivity contribution in [3.05, 3.63) is 12.2 Å². The van der Waals surface area contributed by atoms with Gasteiger partial charge in [-0.25, -0.2) is 0 Å². The van der Waals surface area contributed by atoms with Gasteiger partial charge in [0.1, 0.15) is 6.04 Å². The molecule has 7 heteroatoms. The molecule has 3 amide bonds. The molecule has 1 heterocycles. The Morgan fingerprint density at radius 2 is 1.83 bits per heavy atom. The highest BCUT2D eigenvalue weighted by Crippen LogP contribution is 2.46. The van der Waals surface area contributed by atoms with Gasteiger partial charge >= 0.3 is 0 Å². The highest BCUT2D eigenvalue weighted by molar-refractivity contribution is 5.97. The molecular weight excluding hydrogens is 370 g/mol. The minimum Gasteiger partial charge on any atom is -0.394 e. The van der Waals surface area contributed by atoms with Crippen LogP contribution in [-0.4, -0.2) is 59.5 Å². The van der Waals surface area contributed by atoms with Crippen LogP contribution in [0.5, 0.6) is 0 Å². The number of carbonyl (C=O) groups excluding carboxylic acids is 3. The van der Waals surface area contributed by atoms with Crippen molar-refractivity contribution in [2.75, 3.05) is 13.7 Å². The number of rotatable bonds is 8. The van der Waals surface area contributed by atoms with Gasteiger partial charge in [-0.2, -0.15) is 0 Å². The van der Waals surface area contributed by atoms with Crippen molar-refractivity contribution in [2.24, 2.45) is 29.6 Å². The first-order valence-corrected chi connectivity index (χ1v) is 10.9. The molecule has 1 aliphatic heterocycles. The lowest BCUT2D eigenvalue weighted by molar-refractivity contribution is -0.144. The SMILES string of the molecule is CC[C@H](C)[C@H](CO)N1C(=O)[C@@H]2[C@H](C=C[C@@H](CC)[C@H]2C(=O)NC)[C@H]1C(=O)NC(C)C. The Balaban J connectivity index is 2.56. The van der Waals surface area contributed by atoms with E-state index in [1.54, 1.807) is 11.9 Å². The summed E-state index contributed by atoms with van der Waals surface area (Å²) in [5.74, 6) is -2.10. The minimum atomic E-state index is -0.720. The summed E-state index contributed by atoms with van der Waals surface area (Å²) < 4.78 is 0. The Bertz CT molecular complexity index is 648. The summed E-state index contributed by atoms with van der Waals surface area (Å²) in [5.41, 5.74) is 0. The number of aliphatic hydroxyl groups is 1. The number of aliphatic hydroxyl groups excluding tert-OH is 1. The van der Waals surface area contributed by atoms with Gasteiger partial charge in [0.15, 0.2) is 0 Å². The van der Waals surface area contributed by atoms with Crippen molar-refractivity contribution in [1.82, 2.24) is 15.5 Å². The number of amides is 3. The first-order valence-electron chi connectivity index (χ1n) is 10.9. The molecule has 29 heavy (non-hydrogen) atoms. The molecule has 2 aliphatic rings. The van der Waals surface area contributed by atoms with Crippen molar-refractivity contribution >= 4 is 17.7 Å². The molecule has 7 atom stereocenters. The third kappa shape index (κ3) is 4.34. The average molecular weight is 408 g/mol. The molecule has 1 fully saturated rings. The van der Waals surface area contributed by atoms with Crippen LogP contribution in [0.1, 0.15) is 47.5 Å². The lowest BCUT2D eigenvalue weighted by Gasteiger charge is -2.36. The van der Waals surface area contributed by atoms with E-state index in [9.17, 15) is 19.5 Å². The Morgan fingerprint density at radius 3 is 2.31 bits per heavy atom. The lowest BCUT2D eigenvalue weighted by Crippen LogP contribution is -2.55. The zero-order valence-corrected chi connectivity index (χ0v) is 18.5. The minimum absolute atomic E-state index is 0.0304. The summed E-state index contributed by atoms with van der Waals surface area (Å²) in [6.45, 7) is 9.54. The molecule has 1 saturated heterocycles. The number of carbonyl (C=O) groups is 3. The largest absolute Gasteiger partial charge is 0.394 e. The van der Waals surface area contributed by atoms with Crippen LogP contribution in [-0.2, 0) is 14.4 Å². The topological polar surface area (TPSA) is 98.7 Å². The van der Waals surface area contributed by atoms with E-state index in [0.29, 0.717) is 0 Å². The highest BCUT2D eigenvalue weighted by atomic mass is 16.3. The van der Waals surface area contributed by atoms with E-state index in [2.05, 4.69) is 10.6 Å². The number of fused-ring (bicyclic) bond motifs is 1. The van der Waals surface area contributed by atoms with Crippen molar-refractivity contribution in [1.29, 1.82) is 0 Å². The van der Waals surface area contributed by atoms with Crippen molar-refractivity contribution in [2.45, 2.75) is 65.6 Å². The van der Waals surface area contributed by atoms with Gasteiger partial charge < -0.3 is 20.6 Å². The van der Waals surface area contributed by atoms with Crippen LogP contribution in [0.4, 0.5) is 0 Å². The summed E-state index contributed by atoms with van der Waals surface area (Å²) in [5, 5.41) is 15.8. The number of nitrogens with one attached hydrogen (secondary N) is 2. The second-order valence-electron chi connectivity index (χ2n) is 8.69. The van der Waals surface area contributed by atoms with Crippen molar-refractivity contribution in [3.63, 3.8) is 0 Å². The standard InChI is InChI=1S/C22H37N3O4/c1-7-13(5)16(11-26)25-19(21(28)24-12(3)4)15-10-9-14(8-2)17(20(27)23-6)18(15)22(25)29/h9-10,12-19,26H,7-8,11H2,1-6H3,(H,23,27)(H,24,28)/t13-,14+,15-,16-,17+,18+,19-/m0/s1. The number of hydrogen-bond donors (Lipinski definition) is 3. The Kier molecular flexibility index (Phi) is 7.86. The maximum atomic E-state index is 13.7. The Labute approximate surface area is 174 Å². The number of likely N-dealkylation sites (tertiary alicyclic amines) is 1. The van der Waals surface area contributed by atoms with E-state index in [-0.39, 0.29) is 48.1 Å². The molecule has 0 bridgehead atoms. The van der Waals surface area contributed by atoms with Gasteiger partial charge in [-0.15, -0.1) is 0 Å². The van der Waals surface area contributed by atoms with Crippen LogP contribution in [0.2, 0.25) is 0 Å². The molecular formula is C22H37N3O4. The van der Waals surface area contributed by atoms with Crippen LogP contribution in [0.25, 0.3) is 0 Å². The zero-order chi connectivity index (χ0) is 21.9.